The Morgan fingerprint density at radius 1 is 1.04 bits per heavy atom. The molecule has 2 aromatic carbocycles. The van der Waals surface area contributed by atoms with Crippen LogP contribution < -0.4 is 9.64 Å². The minimum absolute atomic E-state index is 0.0475. The van der Waals surface area contributed by atoms with Crippen molar-refractivity contribution in [3.63, 3.8) is 0 Å². The van der Waals surface area contributed by atoms with E-state index in [-0.39, 0.29) is 12.5 Å². The fraction of sp³-hybridized carbons (Fsp3) is 0.381. The summed E-state index contributed by atoms with van der Waals surface area (Å²) in [5.41, 5.74) is 2.74. The molecule has 0 aliphatic carbocycles. The lowest BCUT2D eigenvalue weighted by Gasteiger charge is -2.32. The third-order valence-corrected chi connectivity index (χ3v) is 5.14. The van der Waals surface area contributed by atoms with Gasteiger partial charge in [0.2, 0.25) is 0 Å². The van der Waals surface area contributed by atoms with Crippen LogP contribution in [0.1, 0.15) is 18.1 Å². The Morgan fingerprint density at radius 2 is 1.65 bits per heavy atom. The number of ether oxygens (including phenoxy) is 1. The Bertz CT molecular complexity index is 708. The van der Waals surface area contributed by atoms with Gasteiger partial charge in [-0.15, -0.1) is 0 Å². The van der Waals surface area contributed by atoms with E-state index in [1.165, 1.54) is 16.0 Å². The van der Waals surface area contributed by atoms with Gasteiger partial charge in [0.15, 0.2) is 6.61 Å². The van der Waals surface area contributed by atoms with Gasteiger partial charge in [0, 0.05) is 10.6 Å². The maximum Gasteiger partial charge on any atom is 0.260 e. The first kappa shape index (κ1) is 18.7. The number of carbonyl (C=O) groups is 1. The normalized spacial score (nSPS) is 15.1. The van der Waals surface area contributed by atoms with Crippen LogP contribution in [0.5, 0.6) is 5.75 Å². The molecule has 0 saturated carbocycles. The first-order valence-electron chi connectivity index (χ1n) is 9.21. The van der Waals surface area contributed by atoms with Gasteiger partial charge >= 0.3 is 0 Å². The zero-order valence-corrected chi connectivity index (χ0v) is 16.0. The van der Waals surface area contributed by atoms with Crippen molar-refractivity contribution < 1.29 is 14.4 Å². The number of piperazine rings is 1. The molecule has 1 aliphatic rings. The number of hydrogen-bond acceptors (Lipinski definition) is 2. The molecule has 4 nitrogen and oxygen atoms in total. The molecule has 0 spiro atoms. The van der Waals surface area contributed by atoms with Crippen molar-refractivity contribution in [1.82, 2.24) is 4.90 Å². The Morgan fingerprint density at radius 3 is 2.27 bits per heavy atom. The smallest absolute Gasteiger partial charge is 0.260 e. The van der Waals surface area contributed by atoms with Crippen molar-refractivity contribution in [3.05, 3.63) is 64.7 Å². The summed E-state index contributed by atoms with van der Waals surface area (Å²) >= 11 is 5.85. The van der Waals surface area contributed by atoms with Crippen molar-refractivity contribution in [2.24, 2.45) is 0 Å². The van der Waals surface area contributed by atoms with Crippen LogP contribution in [0.4, 0.5) is 0 Å². The van der Waals surface area contributed by atoms with Crippen LogP contribution in [0, 0.1) is 0 Å². The highest BCUT2D eigenvalue weighted by Crippen LogP contribution is 2.15. The molecule has 1 amide bonds. The van der Waals surface area contributed by atoms with E-state index >= 15 is 0 Å². The third-order valence-electron chi connectivity index (χ3n) is 4.88. The number of nitrogens with zero attached hydrogens (tertiary/aromatic N) is 1. The second kappa shape index (κ2) is 9.06. The molecule has 138 valence electrons. The highest BCUT2D eigenvalue weighted by atomic mass is 35.5. The molecule has 0 unspecified atom stereocenters. The van der Waals surface area contributed by atoms with Crippen LogP contribution in [0.2, 0.25) is 5.02 Å². The number of carbonyl (C=O) groups excluding carboxylic acids is 1. The topological polar surface area (TPSA) is 34.0 Å². The number of rotatable bonds is 6. The van der Waals surface area contributed by atoms with E-state index < -0.39 is 0 Å². The highest BCUT2D eigenvalue weighted by Gasteiger charge is 2.24. The monoisotopic (exact) mass is 373 g/mol. The molecule has 0 aromatic heterocycles. The first-order valence-corrected chi connectivity index (χ1v) is 9.59. The molecule has 0 atom stereocenters. The van der Waals surface area contributed by atoms with Crippen LogP contribution in [0.25, 0.3) is 0 Å². The summed E-state index contributed by atoms with van der Waals surface area (Å²) in [5, 5.41) is 0.659. The van der Waals surface area contributed by atoms with E-state index in [0.29, 0.717) is 10.8 Å². The van der Waals surface area contributed by atoms with Gasteiger partial charge in [0.1, 0.15) is 12.3 Å². The molecular formula is C21H26ClN2O2+. The van der Waals surface area contributed by atoms with Gasteiger partial charge in [-0.25, -0.2) is 0 Å². The van der Waals surface area contributed by atoms with Crippen LogP contribution in [-0.2, 0) is 17.8 Å². The minimum Gasteiger partial charge on any atom is -0.484 e. The summed E-state index contributed by atoms with van der Waals surface area (Å²) in [6.45, 7) is 6.79. The zero-order chi connectivity index (χ0) is 18.4. The fourth-order valence-electron chi connectivity index (χ4n) is 3.20. The molecule has 2 aromatic rings. The average Bonchev–Trinajstić information content (AvgIpc) is 2.68. The summed E-state index contributed by atoms with van der Waals surface area (Å²) in [6, 6.07) is 16.0. The van der Waals surface area contributed by atoms with Crippen molar-refractivity contribution in [2.75, 3.05) is 32.8 Å². The van der Waals surface area contributed by atoms with Crippen LogP contribution in [0.3, 0.4) is 0 Å². The lowest BCUT2D eigenvalue weighted by molar-refractivity contribution is -0.917. The molecule has 1 N–H and O–H groups in total. The van der Waals surface area contributed by atoms with E-state index in [4.69, 9.17) is 16.3 Å². The Labute approximate surface area is 160 Å². The van der Waals surface area contributed by atoms with E-state index in [1.54, 1.807) is 24.3 Å². The van der Waals surface area contributed by atoms with Crippen LogP contribution in [-0.4, -0.2) is 43.6 Å². The number of benzene rings is 2. The van der Waals surface area contributed by atoms with E-state index in [2.05, 4.69) is 31.2 Å². The molecule has 1 saturated heterocycles. The fourth-order valence-corrected chi connectivity index (χ4v) is 3.32. The number of nitrogens with one attached hydrogen (secondary N) is 1. The van der Waals surface area contributed by atoms with Crippen molar-refractivity contribution in [1.29, 1.82) is 0 Å². The second-order valence-electron chi connectivity index (χ2n) is 6.72. The molecule has 0 radical (unpaired) electrons. The number of halogens is 1. The second-order valence-corrected chi connectivity index (χ2v) is 7.16. The maximum absolute atomic E-state index is 12.3. The molecule has 1 aliphatic heterocycles. The van der Waals surface area contributed by atoms with Gasteiger partial charge in [-0.2, -0.15) is 0 Å². The summed E-state index contributed by atoms with van der Waals surface area (Å²) in [4.78, 5) is 15.8. The Kier molecular flexibility index (Phi) is 6.53. The predicted octanol–water partition coefficient (Wildman–Crippen LogP) is 2.21. The van der Waals surface area contributed by atoms with Crippen LogP contribution >= 0.6 is 11.6 Å². The molecule has 0 bridgehead atoms. The van der Waals surface area contributed by atoms with Gasteiger partial charge in [0.05, 0.1) is 26.2 Å². The summed E-state index contributed by atoms with van der Waals surface area (Å²) < 4.78 is 5.56. The van der Waals surface area contributed by atoms with Crippen LogP contribution in [0.15, 0.2) is 48.5 Å². The molecule has 3 rings (SSSR count). The zero-order valence-electron chi connectivity index (χ0n) is 15.2. The standard InChI is InChI=1S/C21H25ClN2O2/c1-2-17-3-5-18(6-4-17)15-23-11-13-24(14-12-23)21(25)16-26-20-9-7-19(22)8-10-20/h3-10H,2,11-16H2,1H3/p+1. The van der Waals surface area contributed by atoms with Gasteiger partial charge in [-0.3, -0.25) is 4.79 Å². The van der Waals surface area contributed by atoms with Gasteiger partial charge in [-0.05, 0) is 36.2 Å². The van der Waals surface area contributed by atoms with Gasteiger partial charge < -0.3 is 14.5 Å². The molecule has 1 fully saturated rings. The lowest BCUT2D eigenvalue weighted by Crippen LogP contribution is -3.13. The predicted molar refractivity (Wildman–Crippen MR) is 104 cm³/mol. The van der Waals surface area contributed by atoms with Gasteiger partial charge in [0.25, 0.3) is 5.91 Å². The number of amides is 1. The summed E-state index contributed by atoms with van der Waals surface area (Å²) in [6.07, 6.45) is 1.08. The lowest BCUT2D eigenvalue weighted by atomic mass is 10.1. The van der Waals surface area contributed by atoms with Crippen molar-refractivity contribution >= 4 is 17.5 Å². The molecular weight excluding hydrogens is 348 g/mol. The largest absolute Gasteiger partial charge is 0.484 e. The molecule has 5 heteroatoms. The average molecular weight is 374 g/mol. The summed E-state index contributed by atoms with van der Waals surface area (Å²) in [7, 11) is 0. The third kappa shape index (κ3) is 5.23. The highest BCUT2D eigenvalue weighted by molar-refractivity contribution is 6.30. The van der Waals surface area contributed by atoms with E-state index in [9.17, 15) is 4.79 Å². The minimum atomic E-state index is 0.0475. The van der Waals surface area contributed by atoms with E-state index in [0.717, 1.165) is 39.1 Å². The summed E-state index contributed by atoms with van der Waals surface area (Å²) in [5.74, 6) is 0.717. The Balaban J connectivity index is 1.42. The molecule has 1 heterocycles. The van der Waals surface area contributed by atoms with E-state index in [1.807, 2.05) is 4.90 Å². The SMILES string of the molecule is CCc1ccc(C[NH+]2CCN(C(=O)COc3ccc(Cl)cc3)CC2)cc1. The first-order chi connectivity index (χ1) is 12.6. The molecule has 26 heavy (non-hydrogen) atoms. The number of hydrogen-bond donors (Lipinski definition) is 1. The number of quaternary nitrogens is 1. The Hall–Kier alpha value is -2.04. The van der Waals surface area contributed by atoms with Crippen molar-refractivity contribution in [2.45, 2.75) is 19.9 Å². The maximum atomic E-state index is 12.3. The quantitative estimate of drug-likeness (QED) is 0.842. The number of aryl methyl sites for hydroxylation is 1. The van der Waals surface area contributed by atoms with Crippen molar-refractivity contribution in [3.8, 4) is 5.75 Å². The van der Waals surface area contributed by atoms with Gasteiger partial charge in [-0.1, -0.05) is 42.8 Å².